The standard InChI is InChI=1S/C20H25NO2/c1-15-11-12-16(2)19(14-15)23-17(3)20(22)21-13-7-10-18-8-5-4-6-9-18/h4-6,8-9,11-12,14,17H,7,10,13H2,1-3H3,(H,21,22). The van der Waals surface area contributed by atoms with Gasteiger partial charge in [-0.3, -0.25) is 4.79 Å². The van der Waals surface area contributed by atoms with Crippen molar-refractivity contribution in [1.82, 2.24) is 5.32 Å². The molecule has 2 rings (SSSR count). The number of hydrogen-bond acceptors (Lipinski definition) is 2. The minimum Gasteiger partial charge on any atom is -0.481 e. The summed E-state index contributed by atoms with van der Waals surface area (Å²) in [5, 5.41) is 2.94. The number of amides is 1. The minimum atomic E-state index is -0.493. The van der Waals surface area contributed by atoms with Gasteiger partial charge in [0.15, 0.2) is 6.10 Å². The topological polar surface area (TPSA) is 38.3 Å². The molecule has 2 aromatic rings. The van der Waals surface area contributed by atoms with Crippen LogP contribution in [-0.4, -0.2) is 18.6 Å². The molecule has 2 aromatic carbocycles. The Hall–Kier alpha value is -2.29. The Morgan fingerprint density at radius 1 is 1.13 bits per heavy atom. The number of benzene rings is 2. The maximum atomic E-state index is 12.1. The Morgan fingerprint density at radius 2 is 1.87 bits per heavy atom. The maximum Gasteiger partial charge on any atom is 0.260 e. The summed E-state index contributed by atoms with van der Waals surface area (Å²) in [5.74, 6) is 0.705. The molecule has 0 aliphatic rings. The first kappa shape index (κ1) is 17.1. The van der Waals surface area contributed by atoms with E-state index >= 15 is 0 Å². The molecule has 23 heavy (non-hydrogen) atoms. The van der Waals surface area contributed by atoms with Gasteiger partial charge in [0.05, 0.1) is 0 Å². The summed E-state index contributed by atoms with van der Waals surface area (Å²) in [6.45, 7) is 6.45. The van der Waals surface area contributed by atoms with Crippen LogP contribution in [0.15, 0.2) is 48.5 Å². The van der Waals surface area contributed by atoms with Crippen LogP contribution in [0.3, 0.4) is 0 Å². The Labute approximate surface area is 138 Å². The lowest BCUT2D eigenvalue weighted by Crippen LogP contribution is -2.37. The molecule has 0 aromatic heterocycles. The molecule has 1 amide bonds. The average molecular weight is 311 g/mol. The quantitative estimate of drug-likeness (QED) is 0.789. The minimum absolute atomic E-state index is 0.0704. The van der Waals surface area contributed by atoms with E-state index in [1.807, 2.05) is 50.2 Å². The number of aryl methyl sites for hydroxylation is 3. The van der Waals surface area contributed by atoms with Gasteiger partial charge in [-0.1, -0.05) is 42.5 Å². The highest BCUT2D eigenvalue weighted by Crippen LogP contribution is 2.20. The van der Waals surface area contributed by atoms with Crippen LogP contribution < -0.4 is 10.1 Å². The van der Waals surface area contributed by atoms with Gasteiger partial charge >= 0.3 is 0 Å². The summed E-state index contributed by atoms with van der Waals surface area (Å²) in [7, 11) is 0. The number of carbonyl (C=O) groups is 1. The van der Waals surface area contributed by atoms with Crippen molar-refractivity contribution in [3.63, 3.8) is 0 Å². The number of carbonyl (C=O) groups excluding carboxylic acids is 1. The van der Waals surface area contributed by atoms with Crippen molar-refractivity contribution < 1.29 is 9.53 Å². The van der Waals surface area contributed by atoms with Crippen LogP contribution in [0.1, 0.15) is 30.0 Å². The Bertz CT molecular complexity index is 637. The van der Waals surface area contributed by atoms with Crippen LogP contribution in [0.2, 0.25) is 0 Å². The van der Waals surface area contributed by atoms with Crippen LogP contribution >= 0.6 is 0 Å². The zero-order valence-electron chi connectivity index (χ0n) is 14.1. The third-order valence-electron chi connectivity index (χ3n) is 3.80. The largest absolute Gasteiger partial charge is 0.481 e. The summed E-state index contributed by atoms with van der Waals surface area (Å²) in [6.07, 6.45) is 1.39. The second-order valence-corrected chi connectivity index (χ2v) is 5.91. The molecule has 1 atom stereocenters. The lowest BCUT2D eigenvalue weighted by molar-refractivity contribution is -0.127. The molecule has 0 saturated carbocycles. The van der Waals surface area contributed by atoms with E-state index in [4.69, 9.17) is 4.74 Å². The highest BCUT2D eigenvalue weighted by atomic mass is 16.5. The van der Waals surface area contributed by atoms with E-state index in [9.17, 15) is 4.79 Å². The van der Waals surface area contributed by atoms with E-state index in [0.717, 1.165) is 29.7 Å². The Morgan fingerprint density at radius 3 is 2.61 bits per heavy atom. The normalized spacial score (nSPS) is 11.8. The molecule has 3 heteroatoms. The van der Waals surface area contributed by atoms with Gasteiger partial charge in [-0.15, -0.1) is 0 Å². The number of rotatable bonds is 7. The average Bonchev–Trinajstić information content (AvgIpc) is 2.55. The van der Waals surface area contributed by atoms with Gasteiger partial charge in [0.25, 0.3) is 5.91 Å². The first-order valence-corrected chi connectivity index (χ1v) is 8.12. The molecule has 0 bridgehead atoms. The van der Waals surface area contributed by atoms with Crippen molar-refractivity contribution in [3.8, 4) is 5.75 Å². The second-order valence-electron chi connectivity index (χ2n) is 5.91. The molecule has 0 aliphatic carbocycles. The molecule has 1 unspecified atom stereocenters. The van der Waals surface area contributed by atoms with Gasteiger partial charge in [-0.05, 0) is 56.4 Å². The summed E-state index contributed by atoms with van der Waals surface area (Å²) < 4.78 is 5.79. The van der Waals surface area contributed by atoms with Crippen LogP contribution in [-0.2, 0) is 11.2 Å². The zero-order valence-corrected chi connectivity index (χ0v) is 14.1. The van der Waals surface area contributed by atoms with Crippen molar-refractivity contribution in [2.24, 2.45) is 0 Å². The lowest BCUT2D eigenvalue weighted by atomic mass is 10.1. The van der Waals surface area contributed by atoms with E-state index < -0.39 is 6.10 Å². The Balaban J connectivity index is 1.75. The molecule has 1 N–H and O–H groups in total. The molecule has 0 aliphatic heterocycles. The first-order chi connectivity index (χ1) is 11.1. The van der Waals surface area contributed by atoms with E-state index in [1.54, 1.807) is 6.92 Å². The van der Waals surface area contributed by atoms with Crippen molar-refractivity contribution in [2.45, 2.75) is 39.7 Å². The monoisotopic (exact) mass is 311 g/mol. The fourth-order valence-corrected chi connectivity index (χ4v) is 2.37. The zero-order chi connectivity index (χ0) is 16.7. The van der Waals surface area contributed by atoms with Crippen molar-refractivity contribution >= 4 is 5.91 Å². The third kappa shape index (κ3) is 5.44. The van der Waals surface area contributed by atoms with E-state index in [-0.39, 0.29) is 5.91 Å². The molecule has 0 saturated heterocycles. The van der Waals surface area contributed by atoms with E-state index in [0.29, 0.717) is 6.54 Å². The van der Waals surface area contributed by atoms with Crippen LogP contribution in [0.5, 0.6) is 5.75 Å². The van der Waals surface area contributed by atoms with Gasteiger partial charge < -0.3 is 10.1 Å². The maximum absolute atomic E-state index is 12.1. The number of hydrogen-bond donors (Lipinski definition) is 1. The van der Waals surface area contributed by atoms with Crippen molar-refractivity contribution in [3.05, 3.63) is 65.2 Å². The molecule has 122 valence electrons. The molecular formula is C20H25NO2. The second kappa shape index (κ2) is 8.37. The van der Waals surface area contributed by atoms with E-state index in [1.165, 1.54) is 5.56 Å². The Kier molecular flexibility index (Phi) is 6.21. The van der Waals surface area contributed by atoms with Crippen LogP contribution in [0.4, 0.5) is 0 Å². The van der Waals surface area contributed by atoms with E-state index in [2.05, 4.69) is 17.4 Å². The summed E-state index contributed by atoms with van der Waals surface area (Å²) in [6, 6.07) is 16.3. The smallest absolute Gasteiger partial charge is 0.260 e. The number of ether oxygens (including phenoxy) is 1. The highest BCUT2D eigenvalue weighted by molar-refractivity contribution is 5.80. The van der Waals surface area contributed by atoms with Crippen LogP contribution in [0, 0.1) is 13.8 Å². The molecule has 0 fully saturated rings. The van der Waals surface area contributed by atoms with Gasteiger partial charge in [-0.25, -0.2) is 0 Å². The van der Waals surface area contributed by atoms with Crippen LogP contribution in [0.25, 0.3) is 0 Å². The first-order valence-electron chi connectivity index (χ1n) is 8.12. The van der Waals surface area contributed by atoms with Gasteiger partial charge in [-0.2, -0.15) is 0 Å². The molecule has 0 heterocycles. The van der Waals surface area contributed by atoms with Crippen molar-refractivity contribution in [2.75, 3.05) is 6.54 Å². The highest BCUT2D eigenvalue weighted by Gasteiger charge is 2.15. The van der Waals surface area contributed by atoms with Crippen molar-refractivity contribution in [1.29, 1.82) is 0 Å². The predicted molar refractivity (Wildman–Crippen MR) is 93.8 cm³/mol. The summed E-state index contributed by atoms with van der Waals surface area (Å²) >= 11 is 0. The number of nitrogens with one attached hydrogen (secondary N) is 1. The lowest BCUT2D eigenvalue weighted by Gasteiger charge is -2.16. The predicted octanol–water partition coefficient (Wildman–Crippen LogP) is 3.82. The summed E-state index contributed by atoms with van der Waals surface area (Å²) in [4.78, 5) is 12.1. The van der Waals surface area contributed by atoms with Gasteiger partial charge in [0, 0.05) is 6.54 Å². The third-order valence-corrected chi connectivity index (χ3v) is 3.80. The summed E-state index contributed by atoms with van der Waals surface area (Å²) in [5.41, 5.74) is 3.46. The molecular weight excluding hydrogens is 286 g/mol. The van der Waals surface area contributed by atoms with Gasteiger partial charge in [0.2, 0.25) is 0 Å². The molecule has 0 radical (unpaired) electrons. The fraction of sp³-hybridized carbons (Fsp3) is 0.350. The molecule has 3 nitrogen and oxygen atoms in total. The SMILES string of the molecule is Cc1ccc(C)c(OC(C)C(=O)NCCCc2ccccc2)c1. The van der Waals surface area contributed by atoms with Gasteiger partial charge in [0.1, 0.15) is 5.75 Å². The molecule has 0 spiro atoms. The fourth-order valence-electron chi connectivity index (χ4n) is 2.37.